The molecule has 212 valence electrons. The number of nitrogens with two attached hydrogens (primary N) is 1. The second-order valence-corrected chi connectivity index (χ2v) is 12.0. The van der Waals surface area contributed by atoms with Crippen molar-refractivity contribution in [3.63, 3.8) is 0 Å². The molecule has 40 heavy (non-hydrogen) atoms. The van der Waals surface area contributed by atoms with E-state index in [1.165, 1.54) is 32.1 Å². The smallest absolute Gasteiger partial charge is 0.251 e. The first-order chi connectivity index (χ1) is 19.4. The van der Waals surface area contributed by atoms with Crippen LogP contribution in [0.1, 0.15) is 88.9 Å². The van der Waals surface area contributed by atoms with Crippen LogP contribution in [0.5, 0.6) is 0 Å². The first-order valence-electron chi connectivity index (χ1n) is 14.9. The van der Waals surface area contributed by atoms with Gasteiger partial charge in [0.1, 0.15) is 5.82 Å². The molecule has 0 spiro atoms. The van der Waals surface area contributed by atoms with Crippen LogP contribution < -0.4 is 21.3 Å². The molecule has 2 aromatic rings. The normalized spacial score (nSPS) is 24.5. The van der Waals surface area contributed by atoms with E-state index in [4.69, 9.17) is 10.7 Å². The van der Waals surface area contributed by atoms with Gasteiger partial charge in [-0.2, -0.15) is 0 Å². The molecule has 9 heteroatoms. The molecule has 2 unspecified atom stereocenters. The van der Waals surface area contributed by atoms with Crippen molar-refractivity contribution < 1.29 is 14.4 Å². The number of nitrogens with zero attached hydrogens (tertiary/aromatic N) is 3. The number of hydrogen-bond donors (Lipinski definition) is 3. The molecule has 2 bridgehead atoms. The predicted octanol–water partition coefficient (Wildman–Crippen LogP) is 3.60. The number of primary amides is 1. The standard InChI is InChI=1S/C31H40N6O3/c32-30(39)26-10-6-21(14-27(26)33-17-20-4-5-20)31(40)35-23-15-24-8-9-25(16-23)37(24)29-11-7-22(18-34-29)28(38)19-36-12-2-1-3-13-36/h6-7,10-11,14,18,20,23-25,33H,1-5,8-9,12-13,15-17,19H2,(H2,32,39)(H,35,40). The summed E-state index contributed by atoms with van der Waals surface area (Å²) in [5.41, 5.74) is 7.82. The molecule has 3 aliphatic heterocycles. The fourth-order valence-electron chi connectivity index (χ4n) is 6.68. The minimum Gasteiger partial charge on any atom is -0.384 e. The number of piperidine rings is 2. The van der Waals surface area contributed by atoms with E-state index in [1.54, 1.807) is 24.4 Å². The number of ketones is 1. The van der Waals surface area contributed by atoms with Crippen LogP contribution in [0.4, 0.5) is 11.5 Å². The van der Waals surface area contributed by atoms with Gasteiger partial charge in [-0.1, -0.05) is 6.42 Å². The Kier molecular flexibility index (Phi) is 7.74. The summed E-state index contributed by atoms with van der Waals surface area (Å²) in [7, 11) is 0. The van der Waals surface area contributed by atoms with Gasteiger partial charge in [0.25, 0.3) is 11.8 Å². The Balaban J connectivity index is 1.06. The molecule has 3 saturated heterocycles. The maximum Gasteiger partial charge on any atom is 0.251 e. The highest BCUT2D eigenvalue weighted by Gasteiger charge is 2.42. The monoisotopic (exact) mass is 544 g/mol. The minimum atomic E-state index is -0.498. The molecule has 9 nitrogen and oxygen atoms in total. The quantitative estimate of drug-likeness (QED) is 0.391. The lowest BCUT2D eigenvalue weighted by molar-refractivity contribution is 0.0911. The minimum absolute atomic E-state index is 0.0744. The third kappa shape index (κ3) is 5.99. The first-order valence-corrected chi connectivity index (χ1v) is 14.9. The number of carbonyl (C=O) groups excluding carboxylic acids is 3. The average Bonchev–Trinajstić information content (AvgIpc) is 3.75. The average molecular weight is 545 g/mol. The largest absolute Gasteiger partial charge is 0.384 e. The van der Waals surface area contributed by atoms with Gasteiger partial charge in [0.2, 0.25) is 0 Å². The van der Waals surface area contributed by atoms with Gasteiger partial charge in [-0.25, -0.2) is 4.98 Å². The molecular weight excluding hydrogens is 504 g/mol. The Bertz CT molecular complexity index is 1240. The van der Waals surface area contributed by atoms with Gasteiger partial charge in [0.15, 0.2) is 5.78 Å². The maximum atomic E-state index is 13.2. The zero-order chi connectivity index (χ0) is 27.6. The predicted molar refractivity (Wildman–Crippen MR) is 155 cm³/mol. The molecule has 4 aliphatic rings. The third-order valence-corrected chi connectivity index (χ3v) is 9.04. The second-order valence-electron chi connectivity index (χ2n) is 12.0. The van der Waals surface area contributed by atoms with Crippen molar-refractivity contribution in [2.24, 2.45) is 11.7 Å². The number of pyridine rings is 1. The Morgan fingerprint density at radius 2 is 1.65 bits per heavy atom. The van der Waals surface area contributed by atoms with E-state index in [0.29, 0.717) is 46.9 Å². The highest BCUT2D eigenvalue weighted by molar-refractivity contribution is 6.02. The fourth-order valence-corrected chi connectivity index (χ4v) is 6.68. The van der Waals surface area contributed by atoms with E-state index in [2.05, 4.69) is 20.4 Å². The van der Waals surface area contributed by atoms with Crippen LogP contribution in [0.2, 0.25) is 0 Å². The first kappa shape index (κ1) is 26.7. The van der Waals surface area contributed by atoms with Crippen molar-refractivity contribution in [3.05, 3.63) is 53.2 Å². The lowest BCUT2D eigenvalue weighted by atomic mass is 9.96. The molecule has 6 rings (SSSR count). The Hall–Kier alpha value is -3.46. The van der Waals surface area contributed by atoms with Gasteiger partial charge in [-0.15, -0.1) is 0 Å². The van der Waals surface area contributed by atoms with Crippen molar-refractivity contribution >= 4 is 29.1 Å². The van der Waals surface area contributed by atoms with Crippen molar-refractivity contribution in [1.29, 1.82) is 0 Å². The van der Waals surface area contributed by atoms with E-state index < -0.39 is 5.91 Å². The number of amides is 2. The van der Waals surface area contributed by atoms with Crippen molar-refractivity contribution in [2.45, 2.75) is 75.9 Å². The van der Waals surface area contributed by atoms with Crippen molar-refractivity contribution in [1.82, 2.24) is 15.2 Å². The van der Waals surface area contributed by atoms with E-state index in [0.717, 1.165) is 51.1 Å². The molecule has 0 radical (unpaired) electrons. The molecule has 4 heterocycles. The van der Waals surface area contributed by atoms with E-state index in [9.17, 15) is 14.4 Å². The van der Waals surface area contributed by atoms with Gasteiger partial charge in [-0.3, -0.25) is 19.3 Å². The number of hydrogen-bond acceptors (Lipinski definition) is 7. The molecule has 2 atom stereocenters. The number of rotatable bonds is 10. The van der Waals surface area contributed by atoms with Crippen LogP contribution in [0.3, 0.4) is 0 Å². The molecule has 4 N–H and O–H groups in total. The maximum absolute atomic E-state index is 13.2. The lowest BCUT2D eigenvalue weighted by Crippen LogP contribution is -2.50. The number of Topliss-reactive ketones (excluding diaryl/α,β-unsaturated/α-hetero) is 1. The third-order valence-electron chi connectivity index (χ3n) is 9.04. The van der Waals surface area contributed by atoms with Gasteiger partial charge < -0.3 is 21.3 Å². The number of nitrogens with one attached hydrogen (secondary N) is 2. The van der Waals surface area contributed by atoms with Gasteiger partial charge >= 0.3 is 0 Å². The number of fused-ring (bicyclic) bond motifs is 2. The van der Waals surface area contributed by atoms with Gasteiger partial charge in [-0.05, 0) is 101 Å². The highest BCUT2D eigenvalue weighted by atomic mass is 16.2. The zero-order valence-corrected chi connectivity index (χ0v) is 23.1. The number of benzene rings is 1. The SMILES string of the molecule is NC(=O)c1ccc(C(=O)NC2CC3CCC(C2)N3c2ccc(C(=O)CN3CCCCC3)cn2)cc1NCC1CC1. The zero-order valence-electron chi connectivity index (χ0n) is 23.1. The summed E-state index contributed by atoms with van der Waals surface area (Å²) in [6.07, 6.45) is 11.6. The van der Waals surface area contributed by atoms with Gasteiger partial charge in [0, 0.05) is 47.7 Å². The number of anilines is 2. The molecule has 4 fully saturated rings. The van der Waals surface area contributed by atoms with Crippen LogP contribution in [0.25, 0.3) is 0 Å². The molecule has 2 amide bonds. The van der Waals surface area contributed by atoms with Crippen LogP contribution in [0.15, 0.2) is 36.5 Å². The molecular formula is C31H40N6O3. The summed E-state index contributed by atoms with van der Waals surface area (Å²) in [6.45, 7) is 3.27. The molecule has 1 saturated carbocycles. The Labute approximate surface area is 235 Å². The van der Waals surface area contributed by atoms with Gasteiger partial charge in [0.05, 0.1) is 12.1 Å². The number of carbonyl (C=O) groups is 3. The van der Waals surface area contributed by atoms with Crippen LogP contribution in [0, 0.1) is 5.92 Å². The highest BCUT2D eigenvalue weighted by Crippen LogP contribution is 2.39. The summed E-state index contributed by atoms with van der Waals surface area (Å²) in [4.78, 5) is 47.2. The molecule has 1 aromatic heterocycles. The van der Waals surface area contributed by atoms with E-state index in [1.807, 2.05) is 12.1 Å². The van der Waals surface area contributed by atoms with Crippen molar-refractivity contribution in [2.75, 3.05) is 36.4 Å². The van der Waals surface area contributed by atoms with Crippen LogP contribution >= 0.6 is 0 Å². The number of likely N-dealkylation sites (tertiary alicyclic amines) is 1. The second kappa shape index (κ2) is 11.6. The summed E-state index contributed by atoms with van der Waals surface area (Å²) >= 11 is 0. The van der Waals surface area contributed by atoms with Crippen molar-refractivity contribution in [3.8, 4) is 0 Å². The van der Waals surface area contributed by atoms with Crippen LogP contribution in [-0.4, -0.2) is 71.8 Å². The number of aromatic nitrogens is 1. The Morgan fingerprint density at radius 3 is 2.30 bits per heavy atom. The van der Waals surface area contributed by atoms with Crippen LogP contribution in [-0.2, 0) is 0 Å². The summed E-state index contributed by atoms with van der Waals surface area (Å²) < 4.78 is 0. The Morgan fingerprint density at radius 1 is 0.925 bits per heavy atom. The van der Waals surface area contributed by atoms with E-state index >= 15 is 0 Å². The summed E-state index contributed by atoms with van der Waals surface area (Å²) in [5.74, 6) is 1.06. The summed E-state index contributed by atoms with van der Waals surface area (Å²) in [5, 5.41) is 6.56. The topological polar surface area (TPSA) is 121 Å². The lowest BCUT2D eigenvalue weighted by Gasteiger charge is -2.40. The van der Waals surface area contributed by atoms with E-state index in [-0.39, 0.29) is 17.7 Å². The molecule has 1 aromatic carbocycles. The molecule has 1 aliphatic carbocycles. The summed E-state index contributed by atoms with van der Waals surface area (Å²) in [6, 6.07) is 9.67. The fraction of sp³-hybridized carbons (Fsp3) is 0.548.